The minimum atomic E-state index is -1.10. The van der Waals surface area contributed by atoms with E-state index in [2.05, 4.69) is 10.1 Å². The van der Waals surface area contributed by atoms with E-state index in [1.165, 1.54) is 25.3 Å². The highest BCUT2D eigenvalue weighted by Crippen LogP contribution is 2.09. The normalized spacial score (nSPS) is 11.4. The molecule has 2 aromatic carbocycles. The maximum Gasteiger partial charge on any atom is 0.337 e. The first-order valence-corrected chi connectivity index (χ1v) is 7.77. The van der Waals surface area contributed by atoms with Crippen molar-refractivity contribution in [3.8, 4) is 0 Å². The Bertz CT molecular complexity index is 757. The van der Waals surface area contributed by atoms with Gasteiger partial charge in [-0.3, -0.25) is 4.79 Å². The van der Waals surface area contributed by atoms with Gasteiger partial charge in [0.15, 0.2) is 0 Å². The second-order valence-corrected chi connectivity index (χ2v) is 5.46. The van der Waals surface area contributed by atoms with Crippen molar-refractivity contribution < 1.29 is 24.2 Å². The third kappa shape index (κ3) is 5.17. The van der Waals surface area contributed by atoms with E-state index >= 15 is 0 Å². The zero-order valence-corrected chi connectivity index (χ0v) is 13.8. The Labute approximate surface area is 145 Å². The Morgan fingerprint density at radius 3 is 2.36 bits per heavy atom. The summed E-state index contributed by atoms with van der Waals surface area (Å²) in [6, 6.07) is 14.4. The number of ether oxygens (including phenoxy) is 1. The van der Waals surface area contributed by atoms with E-state index < -0.39 is 23.9 Å². The molecule has 0 bridgehead atoms. The third-order valence-electron chi connectivity index (χ3n) is 3.71. The molecule has 0 saturated carbocycles. The molecule has 2 rings (SSSR count). The lowest BCUT2D eigenvalue weighted by Crippen LogP contribution is -2.41. The molecule has 0 saturated heterocycles. The number of amides is 1. The fraction of sp³-hybridized carbons (Fsp3) is 0.211. The lowest BCUT2D eigenvalue weighted by molar-refractivity contribution is -0.139. The number of nitrogens with one attached hydrogen (secondary N) is 1. The molecular formula is C19H19NO5. The van der Waals surface area contributed by atoms with Crippen LogP contribution in [0.4, 0.5) is 0 Å². The molecule has 130 valence electrons. The van der Waals surface area contributed by atoms with Crippen molar-refractivity contribution in [2.45, 2.75) is 18.9 Å². The van der Waals surface area contributed by atoms with Crippen LogP contribution in [0.25, 0.3) is 0 Å². The fourth-order valence-corrected chi connectivity index (χ4v) is 2.36. The van der Waals surface area contributed by atoms with Gasteiger partial charge in [-0.05, 0) is 36.6 Å². The molecule has 0 fully saturated rings. The summed E-state index contributed by atoms with van der Waals surface area (Å²) in [6.45, 7) is 0. The van der Waals surface area contributed by atoms with Crippen LogP contribution in [0.2, 0.25) is 0 Å². The summed E-state index contributed by atoms with van der Waals surface area (Å²) in [5.74, 6) is -2.21. The lowest BCUT2D eigenvalue weighted by atomic mass is 10.0. The van der Waals surface area contributed by atoms with Crippen molar-refractivity contribution in [2.24, 2.45) is 0 Å². The average Bonchev–Trinajstić information content (AvgIpc) is 2.64. The van der Waals surface area contributed by atoms with Crippen molar-refractivity contribution in [1.82, 2.24) is 5.32 Å². The van der Waals surface area contributed by atoms with Crippen LogP contribution in [0.3, 0.4) is 0 Å². The zero-order valence-electron chi connectivity index (χ0n) is 13.8. The van der Waals surface area contributed by atoms with Crippen LogP contribution in [0, 0.1) is 0 Å². The molecule has 0 unspecified atom stereocenters. The second-order valence-electron chi connectivity index (χ2n) is 5.46. The molecule has 1 amide bonds. The number of hydrogen-bond donors (Lipinski definition) is 2. The molecule has 6 nitrogen and oxygen atoms in total. The van der Waals surface area contributed by atoms with Crippen LogP contribution in [0.1, 0.15) is 32.7 Å². The van der Waals surface area contributed by atoms with Gasteiger partial charge in [-0.1, -0.05) is 36.4 Å². The average molecular weight is 341 g/mol. The molecule has 0 aliphatic rings. The van der Waals surface area contributed by atoms with Crippen LogP contribution >= 0.6 is 0 Å². The highest BCUT2D eigenvalue weighted by molar-refractivity contribution is 5.99. The van der Waals surface area contributed by atoms with Gasteiger partial charge in [-0.2, -0.15) is 0 Å². The number of carboxylic acid groups (broad SMARTS) is 1. The van der Waals surface area contributed by atoms with Gasteiger partial charge in [-0.15, -0.1) is 0 Å². The number of esters is 1. The van der Waals surface area contributed by atoms with Gasteiger partial charge in [-0.25, -0.2) is 9.59 Å². The minimum absolute atomic E-state index is 0.203. The smallest absolute Gasteiger partial charge is 0.337 e. The number of hydrogen-bond acceptors (Lipinski definition) is 4. The number of carboxylic acids is 1. The predicted molar refractivity (Wildman–Crippen MR) is 91.4 cm³/mol. The second kappa shape index (κ2) is 8.63. The zero-order chi connectivity index (χ0) is 18.2. The standard InChI is InChI=1S/C19H19NO5/c1-25-19(24)15-9-5-8-14(12-15)17(21)20-16(18(22)23)11-10-13-6-3-2-4-7-13/h2-9,12,16H,10-11H2,1H3,(H,20,21)(H,22,23)/t16-/m1/s1. The number of carbonyl (C=O) groups excluding carboxylic acids is 2. The van der Waals surface area contributed by atoms with Crippen LogP contribution in [0.5, 0.6) is 0 Å². The van der Waals surface area contributed by atoms with Gasteiger partial charge < -0.3 is 15.2 Å². The number of aryl methyl sites for hydroxylation is 1. The number of methoxy groups -OCH3 is 1. The first kappa shape index (κ1) is 18.2. The molecule has 0 aliphatic heterocycles. The summed E-state index contributed by atoms with van der Waals surface area (Å²) < 4.78 is 4.61. The van der Waals surface area contributed by atoms with Gasteiger partial charge in [0, 0.05) is 5.56 Å². The van der Waals surface area contributed by atoms with E-state index in [-0.39, 0.29) is 17.5 Å². The van der Waals surface area contributed by atoms with Crippen LogP contribution in [-0.4, -0.2) is 36.1 Å². The summed E-state index contributed by atoms with van der Waals surface area (Å²) in [6.07, 6.45) is 0.794. The summed E-state index contributed by atoms with van der Waals surface area (Å²) in [4.78, 5) is 35.3. The molecule has 0 aliphatic carbocycles. The van der Waals surface area contributed by atoms with Crippen LogP contribution in [0.15, 0.2) is 54.6 Å². The third-order valence-corrected chi connectivity index (χ3v) is 3.71. The molecular weight excluding hydrogens is 322 g/mol. The number of carbonyl (C=O) groups is 3. The van der Waals surface area contributed by atoms with Gasteiger partial charge in [0.2, 0.25) is 0 Å². The minimum Gasteiger partial charge on any atom is -0.480 e. The monoisotopic (exact) mass is 341 g/mol. The summed E-state index contributed by atoms with van der Waals surface area (Å²) in [7, 11) is 1.25. The van der Waals surface area contributed by atoms with E-state index in [1.807, 2.05) is 30.3 Å². The van der Waals surface area contributed by atoms with Crippen molar-refractivity contribution >= 4 is 17.8 Å². The Kier molecular flexibility index (Phi) is 6.28. The molecule has 0 aromatic heterocycles. The highest BCUT2D eigenvalue weighted by atomic mass is 16.5. The van der Waals surface area contributed by atoms with Gasteiger partial charge >= 0.3 is 11.9 Å². The Balaban J connectivity index is 2.05. The molecule has 2 N–H and O–H groups in total. The summed E-state index contributed by atoms with van der Waals surface area (Å²) in [5, 5.41) is 11.8. The summed E-state index contributed by atoms with van der Waals surface area (Å²) in [5.41, 5.74) is 1.43. The van der Waals surface area contributed by atoms with E-state index in [0.29, 0.717) is 6.42 Å². The first-order chi connectivity index (χ1) is 12.0. The van der Waals surface area contributed by atoms with Crippen molar-refractivity contribution in [3.05, 3.63) is 71.3 Å². The Hall–Kier alpha value is -3.15. The molecule has 25 heavy (non-hydrogen) atoms. The molecule has 2 aromatic rings. The number of benzene rings is 2. The maximum atomic E-state index is 12.3. The maximum absolute atomic E-state index is 12.3. The van der Waals surface area contributed by atoms with Crippen LogP contribution < -0.4 is 5.32 Å². The molecule has 1 atom stereocenters. The van der Waals surface area contributed by atoms with E-state index in [1.54, 1.807) is 6.07 Å². The number of aliphatic carboxylic acids is 1. The van der Waals surface area contributed by atoms with Crippen LogP contribution in [-0.2, 0) is 16.0 Å². The van der Waals surface area contributed by atoms with Gasteiger partial charge in [0.25, 0.3) is 5.91 Å². The predicted octanol–water partition coefficient (Wildman–Crippen LogP) is 2.29. The quantitative estimate of drug-likeness (QED) is 0.754. The molecule has 0 spiro atoms. The molecule has 6 heteroatoms. The van der Waals surface area contributed by atoms with Crippen molar-refractivity contribution in [2.75, 3.05) is 7.11 Å². The van der Waals surface area contributed by atoms with Gasteiger partial charge in [0.05, 0.1) is 12.7 Å². The van der Waals surface area contributed by atoms with E-state index in [9.17, 15) is 19.5 Å². The molecule has 0 heterocycles. The summed E-state index contributed by atoms with van der Waals surface area (Å²) >= 11 is 0. The van der Waals surface area contributed by atoms with Crippen molar-refractivity contribution in [3.63, 3.8) is 0 Å². The molecule has 0 radical (unpaired) electrons. The lowest BCUT2D eigenvalue weighted by Gasteiger charge is -2.15. The Morgan fingerprint density at radius 2 is 1.72 bits per heavy atom. The highest BCUT2D eigenvalue weighted by Gasteiger charge is 2.21. The number of rotatable bonds is 7. The van der Waals surface area contributed by atoms with Crippen molar-refractivity contribution in [1.29, 1.82) is 0 Å². The van der Waals surface area contributed by atoms with Gasteiger partial charge in [0.1, 0.15) is 6.04 Å². The SMILES string of the molecule is COC(=O)c1cccc(C(=O)N[C@H](CCc2ccccc2)C(=O)O)c1. The Morgan fingerprint density at radius 1 is 1.04 bits per heavy atom. The first-order valence-electron chi connectivity index (χ1n) is 7.77. The fourth-order valence-electron chi connectivity index (χ4n) is 2.36. The topological polar surface area (TPSA) is 92.7 Å². The van der Waals surface area contributed by atoms with E-state index in [4.69, 9.17) is 0 Å². The largest absolute Gasteiger partial charge is 0.480 e. The van der Waals surface area contributed by atoms with E-state index in [0.717, 1.165) is 5.56 Å².